The third kappa shape index (κ3) is 2.53. The van der Waals surface area contributed by atoms with Gasteiger partial charge in [-0.05, 0) is 12.1 Å². The van der Waals surface area contributed by atoms with Crippen LogP contribution in [-0.4, -0.2) is 41.4 Å². The summed E-state index contributed by atoms with van der Waals surface area (Å²) in [6.45, 7) is 2.27. The molecule has 0 saturated carbocycles. The van der Waals surface area contributed by atoms with Gasteiger partial charge in [-0.2, -0.15) is 0 Å². The van der Waals surface area contributed by atoms with Crippen LogP contribution in [0.1, 0.15) is 5.69 Å². The maximum Gasteiger partial charge on any atom is 0.174 e. The first-order valence-corrected chi connectivity index (χ1v) is 7.60. The fourth-order valence-corrected chi connectivity index (χ4v) is 2.42. The number of nitrogens with one attached hydrogen (secondary N) is 1. The zero-order valence-corrected chi connectivity index (χ0v) is 12.4. The van der Waals surface area contributed by atoms with Crippen molar-refractivity contribution >= 4 is 23.6 Å². The van der Waals surface area contributed by atoms with E-state index in [0.29, 0.717) is 6.61 Å². The zero-order valence-electron chi connectivity index (χ0n) is 11.5. The predicted molar refractivity (Wildman–Crippen MR) is 81.3 cm³/mol. The number of hydrogen-bond donors (Lipinski definition) is 1. The van der Waals surface area contributed by atoms with Crippen molar-refractivity contribution in [1.82, 2.24) is 15.0 Å². The quantitative estimate of drug-likeness (QED) is 0.869. The van der Waals surface area contributed by atoms with Crippen molar-refractivity contribution in [3.05, 3.63) is 30.4 Å². The van der Waals surface area contributed by atoms with Crippen molar-refractivity contribution in [2.24, 2.45) is 0 Å². The van der Waals surface area contributed by atoms with Crippen molar-refractivity contribution < 1.29 is 4.74 Å². The number of anilines is 2. The second kappa shape index (κ2) is 5.62. The fraction of sp³-hybridized carbons (Fsp3) is 0.385. The molecule has 0 saturated heterocycles. The summed E-state index contributed by atoms with van der Waals surface area (Å²) < 4.78 is 7.72. The molecular weight excluding hydrogens is 274 g/mol. The summed E-state index contributed by atoms with van der Waals surface area (Å²) in [4.78, 5) is 14.1. The van der Waals surface area contributed by atoms with Crippen molar-refractivity contribution in [3.8, 4) is 5.75 Å². The van der Waals surface area contributed by atoms with Gasteiger partial charge in [0.1, 0.15) is 12.4 Å². The van der Waals surface area contributed by atoms with E-state index in [9.17, 15) is 0 Å². The molecule has 0 spiro atoms. The number of pyridine rings is 1. The van der Waals surface area contributed by atoms with Crippen LogP contribution in [0.15, 0.2) is 24.7 Å². The molecule has 0 aliphatic carbocycles. The van der Waals surface area contributed by atoms with Crippen molar-refractivity contribution in [2.45, 2.75) is 6.54 Å². The standard InChI is InChI=1S/C13H17N5OS/c1-17(20-2)12-4-3-11-13(16-12)18(5-6-19-11)8-10-7-14-9-15-10/h3-4,7,9H,5-6,8H2,1-2H3,(H,14,15). The minimum Gasteiger partial charge on any atom is -0.488 e. The number of imidazole rings is 1. The van der Waals surface area contributed by atoms with E-state index in [4.69, 9.17) is 9.72 Å². The maximum atomic E-state index is 5.69. The zero-order chi connectivity index (χ0) is 13.9. The molecule has 1 aliphatic rings. The lowest BCUT2D eigenvalue weighted by molar-refractivity contribution is 0.304. The Kier molecular flexibility index (Phi) is 3.68. The Morgan fingerprint density at radius 3 is 3.15 bits per heavy atom. The number of aromatic amines is 1. The Hall–Kier alpha value is -1.89. The van der Waals surface area contributed by atoms with E-state index in [2.05, 4.69) is 14.9 Å². The van der Waals surface area contributed by atoms with Crippen molar-refractivity contribution in [1.29, 1.82) is 0 Å². The lowest BCUT2D eigenvalue weighted by Gasteiger charge is -2.30. The van der Waals surface area contributed by atoms with Crippen LogP contribution in [0, 0.1) is 0 Å². The number of nitrogens with zero attached hydrogens (tertiary/aromatic N) is 4. The van der Waals surface area contributed by atoms with Crippen LogP contribution >= 0.6 is 11.9 Å². The van der Waals surface area contributed by atoms with E-state index in [-0.39, 0.29) is 0 Å². The molecule has 0 unspecified atom stereocenters. The molecule has 2 aromatic rings. The van der Waals surface area contributed by atoms with E-state index in [0.717, 1.165) is 36.2 Å². The van der Waals surface area contributed by atoms with Gasteiger partial charge in [-0.15, -0.1) is 0 Å². The predicted octanol–water partition coefficient (Wildman–Crippen LogP) is 1.92. The van der Waals surface area contributed by atoms with E-state index < -0.39 is 0 Å². The molecule has 0 bridgehead atoms. The lowest BCUT2D eigenvalue weighted by atomic mass is 10.3. The number of ether oxygens (including phenoxy) is 1. The van der Waals surface area contributed by atoms with E-state index >= 15 is 0 Å². The smallest absolute Gasteiger partial charge is 0.174 e. The number of rotatable bonds is 4. The highest BCUT2D eigenvalue weighted by molar-refractivity contribution is 7.99. The maximum absolute atomic E-state index is 5.69. The summed E-state index contributed by atoms with van der Waals surface area (Å²) in [5.74, 6) is 2.66. The molecule has 1 aliphatic heterocycles. The average molecular weight is 291 g/mol. The Labute approximate surface area is 122 Å². The molecular formula is C13H17N5OS. The van der Waals surface area contributed by atoms with Crippen LogP contribution in [-0.2, 0) is 6.54 Å². The lowest BCUT2D eigenvalue weighted by Crippen LogP contribution is -2.33. The van der Waals surface area contributed by atoms with Crippen molar-refractivity contribution in [2.75, 3.05) is 35.7 Å². The molecule has 6 nitrogen and oxygen atoms in total. The number of fused-ring (bicyclic) bond motifs is 1. The molecule has 0 radical (unpaired) electrons. The Balaban J connectivity index is 1.89. The molecule has 1 N–H and O–H groups in total. The topological polar surface area (TPSA) is 57.3 Å². The Morgan fingerprint density at radius 2 is 2.40 bits per heavy atom. The molecule has 0 aromatic carbocycles. The van der Waals surface area contributed by atoms with Gasteiger partial charge in [0.25, 0.3) is 0 Å². The number of hydrogen-bond acceptors (Lipinski definition) is 6. The first-order valence-electron chi connectivity index (χ1n) is 6.42. The molecule has 0 amide bonds. The van der Waals surface area contributed by atoms with Gasteiger partial charge in [-0.25, -0.2) is 9.97 Å². The van der Waals surface area contributed by atoms with Gasteiger partial charge in [-0.3, -0.25) is 0 Å². The molecule has 7 heteroatoms. The van der Waals surface area contributed by atoms with Gasteiger partial charge in [0, 0.05) is 19.5 Å². The van der Waals surface area contributed by atoms with Gasteiger partial charge < -0.3 is 18.9 Å². The molecule has 0 fully saturated rings. The molecule has 20 heavy (non-hydrogen) atoms. The highest BCUT2D eigenvalue weighted by Crippen LogP contribution is 2.33. The Bertz CT molecular complexity index is 574. The summed E-state index contributed by atoms with van der Waals surface area (Å²) in [7, 11) is 2.00. The molecule has 106 valence electrons. The first kappa shape index (κ1) is 13.1. The largest absolute Gasteiger partial charge is 0.488 e. The number of aromatic nitrogens is 3. The van der Waals surface area contributed by atoms with E-state index in [1.54, 1.807) is 18.3 Å². The minimum absolute atomic E-state index is 0.681. The van der Waals surface area contributed by atoms with Crippen molar-refractivity contribution in [3.63, 3.8) is 0 Å². The van der Waals surface area contributed by atoms with Crippen LogP contribution in [0.3, 0.4) is 0 Å². The highest BCUT2D eigenvalue weighted by Gasteiger charge is 2.21. The Morgan fingerprint density at radius 1 is 1.50 bits per heavy atom. The van der Waals surface area contributed by atoms with Crippen LogP contribution in [0.5, 0.6) is 5.75 Å². The summed E-state index contributed by atoms with van der Waals surface area (Å²) in [5.41, 5.74) is 1.07. The molecule has 3 heterocycles. The van der Waals surface area contributed by atoms with Crippen LogP contribution in [0.2, 0.25) is 0 Å². The monoisotopic (exact) mass is 291 g/mol. The van der Waals surface area contributed by atoms with Gasteiger partial charge >= 0.3 is 0 Å². The fourth-order valence-electron chi connectivity index (χ4n) is 2.14. The summed E-state index contributed by atoms with van der Waals surface area (Å²) >= 11 is 1.63. The summed E-state index contributed by atoms with van der Waals surface area (Å²) in [6.07, 6.45) is 5.56. The molecule has 2 aromatic heterocycles. The summed E-state index contributed by atoms with van der Waals surface area (Å²) in [5, 5.41) is 0. The van der Waals surface area contributed by atoms with Gasteiger partial charge in [0.15, 0.2) is 11.6 Å². The minimum atomic E-state index is 0.681. The molecule has 0 atom stereocenters. The van der Waals surface area contributed by atoms with Crippen LogP contribution in [0.25, 0.3) is 0 Å². The van der Waals surface area contributed by atoms with E-state index in [1.807, 2.05) is 35.9 Å². The third-order valence-corrected chi connectivity index (χ3v) is 3.99. The normalized spacial score (nSPS) is 13.8. The second-order valence-electron chi connectivity index (χ2n) is 4.52. The van der Waals surface area contributed by atoms with E-state index in [1.165, 1.54) is 0 Å². The molecule has 3 rings (SSSR count). The number of H-pyrrole nitrogens is 1. The summed E-state index contributed by atoms with van der Waals surface area (Å²) in [6, 6.07) is 3.97. The first-order chi connectivity index (χ1) is 9.78. The van der Waals surface area contributed by atoms with Gasteiger partial charge in [-0.1, -0.05) is 11.9 Å². The second-order valence-corrected chi connectivity index (χ2v) is 5.43. The van der Waals surface area contributed by atoms with Crippen LogP contribution in [0.4, 0.5) is 11.6 Å². The highest BCUT2D eigenvalue weighted by atomic mass is 32.2. The van der Waals surface area contributed by atoms with Gasteiger partial charge in [0.05, 0.1) is 25.1 Å². The SMILES string of the molecule is CSN(C)c1ccc2c(n1)N(Cc1cnc[nH]1)CCO2. The average Bonchev–Trinajstić information content (AvgIpc) is 2.99. The third-order valence-electron chi connectivity index (χ3n) is 3.26. The van der Waals surface area contributed by atoms with Gasteiger partial charge in [0.2, 0.25) is 0 Å². The van der Waals surface area contributed by atoms with Crippen LogP contribution < -0.4 is 13.9 Å².